The van der Waals surface area contributed by atoms with Crippen LogP contribution in [0, 0.1) is 12.8 Å². The molecule has 6 heteroatoms. The molecule has 0 saturated carbocycles. The predicted molar refractivity (Wildman–Crippen MR) is 79.8 cm³/mol. The van der Waals surface area contributed by atoms with Crippen molar-refractivity contribution < 1.29 is 9.59 Å². The van der Waals surface area contributed by atoms with Gasteiger partial charge in [-0.25, -0.2) is 0 Å². The molecule has 2 heterocycles. The lowest BCUT2D eigenvalue weighted by molar-refractivity contribution is -0.123. The van der Waals surface area contributed by atoms with Crippen LogP contribution in [0.15, 0.2) is 6.20 Å². The van der Waals surface area contributed by atoms with Gasteiger partial charge in [-0.3, -0.25) is 14.3 Å². The molecule has 6 nitrogen and oxygen atoms in total. The molecule has 1 aliphatic heterocycles. The predicted octanol–water partition coefficient (Wildman–Crippen LogP) is 1.28. The van der Waals surface area contributed by atoms with Crippen LogP contribution in [0.25, 0.3) is 0 Å². The van der Waals surface area contributed by atoms with Gasteiger partial charge in [0.15, 0.2) is 0 Å². The van der Waals surface area contributed by atoms with Crippen molar-refractivity contribution in [2.75, 3.05) is 13.1 Å². The molecule has 1 aromatic rings. The van der Waals surface area contributed by atoms with Gasteiger partial charge in [-0.1, -0.05) is 0 Å². The van der Waals surface area contributed by atoms with Gasteiger partial charge in [-0.05, 0) is 40.5 Å². The van der Waals surface area contributed by atoms with Crippen LogP contribution in [0.1, 0.15) is 49.7 Å². The normalized spacial score (nSPS) is 17.0. The highest BCUT2D eigenvalue weighted by Crippen LogP contribution is 2.22. The standard InChI is InChI=1S/C15H24N4O2/c1-10-12(9-17-19(10)15(2,3)4)14(21)18-7-5-11(6-8-18)13(16)20/h9,11H,5-8H2,1-4H3,(H2,16,20). The zero-order valence-electron chi connectivity index (χ0n) is 13.2. The van der Waals surface area contributed by atoms with E-state index in [0.717, 1.165) is 5.69 Å². The molecule has 116 valence electrons. The quantitative estimate of drug-likeness (QED) is 0.891. The summed E-state index contributed by atoms with van der Waals surface area (Å²) in [5.74, 6) is -0.378. The van der Waals surface area contributed by atoms with Gasteiger partial charge in [-0.15, -0.1) is 0 Å². The topological polar surface area (TPSA) is 81.2 Å². The molecule has 0 aliphatic carbocycles. The van der Waals surface area contributed by atoms with Crippen molar-refractivity contribution in [3.05, 3.63) is 17.5 Å². The molecule has 2 amide bonds. The minimum absolute atomic E-state index is 0.00841. The first kappa shape index (κ1) is 15.5. The Labute approximate surface area is 125 Å². The monoisotopic (exact) mass is 292 g/mol. The van der Waals surface area contributed by atoms with E-state index in [9.17, 15) is 9.59 Å². The molecule has 2 N–H and O–H groups in total. The maximum atomic E-state index is 12.6. The van der Waals surface area contributed by atoms with Gasteiger partial charge in [0.1, 0.15) is 0 Å². The fourth-order valence-electron chi connectivity index (χ4n) is 2.83. The highest BCUT2D eigenvalue weighted by molar-refractivity contribution is 5.95. The number of carbonyl (C=O) groups is 2. The third-order valence-corrected chi connectivity index (χ3v) is 4.06. The number of amides is 2. The summed E-state index contributed by atoms with van der Waals surface area (Å²) in [6, 6.07) is 0. The van der Waals surface area contributed by atoms with E-state index in [0.29, 0.717) is 31.5 Å². The number of rotatable bonds is 2. The van der Waals surface area contributed by atoms with E-state index in [-0.39, 0.29) is 23.3 Å². The highest BCUT2D eigenvalue weighted by atomic mass is 16.2. The Kier molecular flexibility index (Phi) is 4.07. The van der Waals surface area contributed by atoms with E-state index < -0.39 is 0 Å². The summed E-state index contributed by atoms with van der Waals surface area (Å²) >= 11 is 0. The number of hydrogen-bond donors (Lipinski definition) is 1. The molecular formula is C15H24N4O2. The largest absolute Gasteiger partial charge is 0.369 e. The lowest BCUT2D eigenvalue weighted by Gasteiger charge is -2.30. The number of primary amides is 1. The van der Waals surface area contributed by atoms with E-state index in [2.05, 4.69) is 25.9 Å². The van der Waals surface area contributed by atoms with Crippen molar-refractivity contribution in [1.82, 2.24) is 14.7 Å². The fourth-order valence-corrected chi connectivity index (χ4v) is 2.83. The molecule has 0 unspecified atom stereocenters. The molecule has 1 saturated heterocycles. The van der Waals surface area contributed by atoms with Crippen LogP contribution in [0.2, 0.25) is 0 Å². The van der Waals surface area contributed by atoms with Crippen molar-refractivity contribution in [2.45, 2.75) is 46.1 Å². The summed E-state index contributed by atoms with van der Waals surface area (Å²) in [6.07, 6.45) is 2.93. The second-order valence-corrected chi connectivity index (χ2v) is 6.70. The number of likely N-dealkylation sites (tertiary alicyclic amines) is 1. The van der Waals surface area contributed by atoms with Gasteiger partial charge in [0.2, 0.25) is 5.91 Å². The van der Waals surface area contributed by atoms with E-state index in [1.165, 1.54) is 0 Å². The lowest BCUT2D eigenvalue weighted by atomic mass is 9.96. The van der Waals surface area contributed by atoms with Gasteiger partial charge >= 0.3 is 0 Å². The highest BCUT2D eigenvalue weighted by Gasteiger charge is 2.29. The van der Waals surface area contributed by atoms with Crippen molar-refractivity contribution in [1.29, 1.82) is 0 Å². The Morgan fingerprint density at radius 1 is 1.29 bits per heavy atom. The number of hydrogen-bond acceptors (Lipinski definition) is 3. The van der Waals surface area contributed by atoms with Gasteiger partial charge in [0.25, 0.3) is 5.91 Å². The minimum atomic E-state index is -0.265. The Morgan fingerprint density at radius 3 is 2.29 bits per heavy atom. The molecule has 1 aromatic heterocycles. The molecule has 0 atom stereocenters. The van der Waals surface area contributed by atoms with Crippen LogP contribution < -0.4 is 5.73 Å². The SMILES string of the molecule is Cc1c(C(=O)N2CCC(C(N)=O)CC2)cnn1C(C)(C)C. The molecule has 0 aromatic carbocycles. The third kappa shape index (κ3) is 3.09. The molecule has 21 heavy (non-hydrogen) atoms. The fraction of sp³-hybridized carbons (Fsp3) is 0.667. The van der Waals surface area contributed by atoms with E-state index in [1.54, 1.807) is 11.1 Å². The third-order valence-electron chi connectivity index (χ3n) is 4.06. The van der Waals surface area contributed by atoms with E-state index in [4.69, 9.17) is 5.73 Å². The first-order valence-electron chi connectivity index (χ1n) is 7.35. The second-order valence-electron chi connectivity index (χ2n) is 6.70. The van der Waals surface area contributed by atoms with Crippen molar-refractivity contribution >= 4 is 11.8 Å². The average Bonchev–Trinajstić information content (AvgIpc) is 2.79. The van der Waals surface area contributed by atoms with Gasteiger partial charge < -0.3 is 10.6 Å². The van der Waals surface area contributed by atoms with Gasteiger partial charge in [0.05, 0.1) is 17.3 Å². The molecule has 0 spiro atoms. The van der Waals surface area contributed by atoms with Crippen molar-refractivity contribution in [3.63, 3.8) is 0 Å². The molecule has 2 rings (SSSR count). The number of aromatic nitrogens is 2. The van der Waals surface area contributed by atoms with Gasteiger partial charge in [-0.2, -0.15) is 5.10 Å². The second kappa shape index (κ2) is 5.50. The Bertz CT molecular complexity index is 549. The van der Waals surface area contributed by atoms with Crippen molar-refractivity contribution in [3.8, 4) is 0 Å². The Hall–Kier alpha value is -1.85. The summed E-state index contributed by atoms with van der Waals surface area (Å²) in [5, 5.41) is 4.34. The molecule has 1 fully saturated rings. The lowest BCUT2D eigenvalue weighted by Crippen LogP contribution is -2.41. The maximum Gasteiger partial charge on any atom is 0.257 e. The molecular weight excluding hydrogens is 268 g/mol. The average molecular weight is 292 g/mol. The number of piperidine rings is 1. The molecule has 1 aliphatic rings. The maximum absolute atomic E-state index is 12.6. The summed E-state index contributed by atoms with van der Waals surface area (Å²) in [7, 11) is 0. The summed E-state index contributed by atoms with van der Waals surface area (Å²) in [4.78, 5) is 25.6. The zero-order valence-corrected chi connectivity index (χ0v) is 13.2. The number of carbonyl (C=O) groups excluding carboxylic acids is 2. The Balaban J connectivity index is 2.12. The van der Waals surface area contributed by atoms with Crippen LogP contribution in [-0.2, 0) is 10.3 Å². The van der Waals surface area contributed by atoms with E-state index in [1.807, 2.05) is 11.6 Å². The summed E-state index contributed by atoms with van der Waals surface area (Å²) in [5.41, 5.74) is 6.69. The van der Waals surface area contributed by atoms with Gasteiger partial charge in [0, 0.05) is 24.7 Å². The summed E-state index contributed by atoms with van der Waals surface area (Å²) < 4.78 is 1.87. The smallest absolute Gasteiger partial charge is 0.257 e. The van der Waals surface area contributed by atoms with Crippen molar-refractivity contribution in [2.24, 2.45) is 11.7 Å². The van der Waals surface area contributed by atoms with Crippen LogP contribution >= 0.6 is 0 Å². The van der Waals surface area contributed by atoms with Crippen LogP contribution in [-0.4, -0.2) is 39.6 Å². The Morgan fingerprint density at radius 2 is 1.86 bits per heavy atom. The van der Waals surface area contributed by atoms with Crippen LogP contribution in [0.5, 0.6) is 0 Å². The first-order valence-corrected chi connectivity index (χ1v) is 7.35. The first-order chi connectivity index (χ1) is 9.71. The number of nitrogens with zero attached hydrogens (tertiary/aromatic N) is 3. The van der Waals surface area contributed by atoms with Crippen LogP contribution in [0.3, 0.4) is 0 Å². The summed E-state index contributed by atoms with van der Waals surface area (Å²) in [6.45, 7) is 9.24. The zero-order chi connectivity index (χ0) is 15.8. The van der Waals surface area contributed by atoms with Crippen LogP contribution in [0.4, 0.5) is 0 Å². The molecule has 0 radical (unpaired) electrons. The number of nitrogens with two attached hydrogens (primary N) is 1. The minimum Gasteiger partial charge on any atom is -0.369 e. The van der Waals surface area contributed by atoms with E-state index >= 15 is 0 Å². The molecule has 0 bridgehead atoms.